The van der Waals surface area contributed by atoms with Crippen molar-refractivity contribution in [3.8, 4) is 0 Å². The van der Waals surface area contributed by atoms with Crippen LogP contribution in [0.2, 0.25) is 0 Å². The van der Waals surface area contributed by atoms with Crippen LogP contribution in [0.3, 0.4) is 0 Å². The second kappa shape index (κ2) is 6.78. The number of nitrogens with zero attached hydrogens (tertiary/aromatic N) is 3. The Morgan fingerprint density at radius 3 is 2.57 bits per heavy atom. The standard InChI is InChI=1S/C15H17N3O3/c1-3-18(10-14(19)21-4-2)15(20)13-9-16-11-7-5-6-8-12(11)17-13/h5-9H,3-4,10H2,1-2H3. The van der Waals surface area contributed by atoms with Crippen LogP contribution < -0.4 is 0 Å². The largest absolute Gasteiger partial charge is 0.465 e. The lowest BCUT2D eigenvalue weighted by Crippen LogP contribution is -2.36. The fourth-order valence-electron chi connectivity index (χ4n) is 1.91. The summed E-state index contributed by atoms with van der Waals surface area (Å²) in [4.78, 5) is 33.8. The van der Waals surface area contributed by atoms with E-state index < -0.39 is 5.97 Å². The first-order valence-electron chi connectivity index (χ1n) is 6.82. The number of hydrogen-bond acceptors (Lipinski definition) is 5. The Labute approximate surface area is 122 Å². The monoisotopic (exact) mass is 287 g/mol. The quantitative estimate of drug-likeness (QED) is 0.782. The molecule has 0 bridgehead atoms. The Balaban J connectivity index is 2.20. The first kappa shape index (κ1) is 14.9. The fourth-order valence-corrected chi connectivity index (χ4v) is 1.91. The summed E-state index contributed by atoms with van der Waals surface area (Å²) in [6.07, 6.45) is 1.43. The highest BCUT2D eigenvalue weighted by Gasteiger charge is 2.19. The number of carbonyl (C=O) groups is 2. The second-order valence-corrected chi connectivity index (χ2v) is 4.37. The molecule has 0 spiro atoms. The number of fused-ring (bicyclic) bond motifs is 1. The summed E-state index contributed by atoms with van der Waals surface area (Å²) in [7, 11) is 0. The second-order valence-electron chi connectivity index (χ2n) is 4.37. The molecule has 0 fully saturated rings. The number of carbonyl (C=O) groups excluding carboxylic acids is 2. The number of benzene rings is 1. The van der Waals surface area contributed by atoms with Gasteiger partial charge in [-0.2, -0.15) is 0 Å². The van der Waals surface area contributed by atoms with Gasteiger partial charge in [0.15, 0.2) is 0 Å². The van der Waals surface area contributed by atoms with E-state index in [0.29, 0.717) is 18.7 Å². The predicted molar refractivity (Wildman–Crippen MR) is 77.7 cm³/mol. The van der Waals surface area contributed by atoms with Gasteiger partial charge in [-0.25, -0.2) is 4.98 Å². The smallest absolute Gasteiger partial charge is 0.325 e. The molecule has 2 rings (SSSR count). The maximum Gasteiger partial charge on any atom is 0.325 e. The van der Waals surface area contributed by atoms with E-state index in [0.717, 1.165) is 5.52 Å². The summed E-state index contributed by atoms with van der Waals surface area (Å²) in [6, 6.07) is 7.31. The van der Waals surface area contributed by atoms with Crippen molar-refractivity contribution >= 4 is 22.9 Å². The van der Waals surface area contributed by atoms with E-state index in [9.17, 15) is 9.59 Å². The van der Waals surface area contributed by atoms with Gasteiger partial charge in [0, 0.05) is 6.54 Å². The van der Waals surface area contributed by atoms with Crippen LogP contribution in [0.4, 0.5) is 0 Å². The molecule has 6 heteroatoms. The van der Waals surface area contributed by atoms with Crippen molar-refractivity contribution in [3.63, 3.8) is 0 Å². The van der Waals surface area contributed by atoms with Gasteiger partial charge in [-0.15, -0.1) is 0 Å². The van der Waals surface area contributed by atoms with Gasteiger partial charge in [-0.3, -0.25) is 14.6 Å². The fraction of sp³-hybridized carbons (Fsp3) is 0.333. The van der Waals surface area contributed by atoms with Gasteiger partial charge < -0.3 is 9.64 Å². The van der Waals surface area contributed by atoms with E-state index in [1.54, 1.807) is 19.9 Å². The number of para-hydroxylation sites is 2. The molecular weight excluding hydrogens is 270 g/mol. The predicted octanol–water partition coefficient (Wildman–Crippen LogP) is 1.66. The van der Waals surface area contributed by atoms with Crippen LogP contribution in [-0.4, -0.2) is 46.4 Å². The summed E-state index contributed by atoms with van der Waals surface area (Å²) in [5, 5.41) is 0. The summed E-state index contributed by atoms with van der Waals surface area (Å²) in [5.41, 5.74) is 1.60. The van der Waals surface area contributed by atoms with Crippen molar-refractivity contribution in [2.24, 2.45) is 0 Å². The van der Waals surface area contributed by atoms with E-state index in [-0.39, 0.29) is 18.1 Å². The molecule has 0 unspecified atom stereocenters. The van der Waals surface area contributed by atoms with Crippen molar-refractivity contribution in [1.82, 2.24) is 14.9 Å². The Morgan fingerprint density at radius 2 is 1.90 bits per heavy atom. The molecule has 1 amide bonds. The molecule has 0 aliphatic heterocycles. The van der Waals surface area contributed by atoms with Gasteiger partial charge in [0.2, 0.25) is 0 Å². The lowest BCUT2D eigenvalue weighted by atomic mass is 10.3. The molecule has 6 nitrogen and oxygen atoms in total. The molecule has 1 aromatic carbocycles. The van der Waals surface area contributed by atoms with Gasteiger partial charge in [0.25, 0.3) is 5.91 Å². The maximum absolute atomic E-state index is 12.4. The van der Waals surface area contributed by atoms with Crippen LogP contribution in [0.1, 0.15) is 24.3 Å². The third-order valence-corrected chi connectivity index (χ3v) is 2.96. The molecule has 0 aliphatic carbocycles. The molecule has 0 aliphatic rings. The molecule has 2 aromatic rings. The van der Waals surface area contributed by atoms with Crippen LogP contribution in [0.5, 0.6) is 0 Å². The van der Waals surface area contributed by atoms with Crippen molar-refractivity contribution in [1.29, 1.82) is 0 Å². The Morgan fingerprint density at radius 1 is 1.19 bits per heavy atom. The number of hydrogen-bond donors (Lipinski definition) is 0. The number of aromatic nitrogens is 2. The lowest BCUT2D eigenvalue weighted by Gasteiger charge is -2.19. The minimum atomic E-state index is -0.429. The molecule has 1 aromatic heterocycles. The number of ether oxygens (including phenoxy) is 1. The number of rotatable bonds is 5. The molecule has 110 valence electrons. The van der Waals surface area contributed by atoms with Crippen molar-refractivity contribution < 1.29 is 14.3 Å². The minimum Gasteiger partial charge on any atom is -0.465 e. The van der Waals surface area contributed by atoms with Crippen LogP contribution in [0.25, 0.3) is 11.0 Å². The maximum atomic E-state index is 12.4. The van der Waals surface area contributed by atoms with Crippen LogP contribution in [0, 0.1) is 0 Å². The van der Waals surface area contributed by atoms with Crippen LogP contribution in [0.15, 0.2) is 30.5 Å². The van der Waals surface area contributed by atoms with Crippen molar-refractivity contribution in [2.45, 2.75) is 13.8 Å². The molecule has 0 radical (unpaired) electrons. The molecular formula is C15H17N3O3. The highest BCUT2D eigenvalue weighted by atomic mass is 16.5. The average molecular weight is 287 g/mol. The van der Waals surface area contributed by atoms with Gasteiger partial charge in [-0.05, 0) is 26.0 Å². The van der Waals surface area contributed by atoms with Gasteiger partial charge in [0.1, 0.15) is 12.2 Å². The zero-order valence-corrected chi connectivity index (χ0v) is 12.1. The summed E-state index contributed by atoms with van der Waals surface area (Å²) in [5.74, 6) is -0.759. The Kier molecular flexibility index (Phi) is 4.81. The zero-order valence-electron chi connectivity index (χ0n) is 12.1. The normalized spacial score (nSPS) is 10.4. The SMILES string of the molecule is CCOC(=O)CN(CC)C(=O)c1cnc2ccccc2n1. The lowest BCUT2D eigenvalue weighted by molar-refractivity contribution is -0.143. The van der Waals surface area contributed by atoms with E-state index >= 15 is 0 Å². The zero-order chi connectivity index (χ0) is 15.2. The molecule has 0 saturated heterocycles. The number of likely N-dealkylation sites (N-methyl/N-ethyl adjacent to an activating group) is 1. The van der Waals surface area contributed by atoms with E-state index in [2.05, 4.69) is 9.97 Å². The summed E-state index contributed by atoms with van der Waals surface area (Å²) in [6.45, 7) is 4.13. The van der Waals surface area contributed by atoms with E-state index in [1.165, 1.54) is 11.1 Å². The molecule has 0 saturated carbocycles. The average Bonchev–Trinajstić information content (AvgIpc) is 2.51. The number of esters is 1. The third kappa shape index (κ3) is 3.53. The van der Waals surface area contributed by atoms with Gasteiger partial charge in [-0.1, -0.05) is 12.1 Å². The molecule has 0 N–H and O–H groups in total. The highest BCUT2D eigenvalue weighted by Crippen LogP contribution is 2.10. The Hall–Kier alpha value is -2.50. The molecule has 1 heterocycles. The number of amides is 1. The summed E-state index contributed by atoms with van der Waals surface area (Å²) >= 11 is 0. The molecule has 0 atom stereocenters. The third-order valence-electron chi connectivity index (χ3n) is 2.96. The first-order valence-corrected chi connectivity index (χ1v) is 6.82. The highest BCUT2D eigenvalue weighted by molar-refractivity contribution is 5.95. The topological polar surface area (TPSA) is 72.4 Å². The van der Waals surface area contributed by atoms with Gasteiger partial charge in [0.05, 0.1) is 23.8 Å². The van der Waals surface area contributed by atoms with Crippen LogP contribution in [-0.2, 0) is 9.53 Å². The minimum absolute atomic E-state index is 0.0856. The Bertz CT molecular complexity index is 657. The van der Waals surface area contributed by atoms with E-state index in [1.807, 2.05) is 18.2 Å². The van der Waals surface area contributed by atoms with Crippen molar-refractivity contribution in [3.05, 3.63) is 36.2 Å². The summed E-state index contributed by atoms with van der Waals surface area (Å²) < 4.78 is 4.86. The van der Waals surface area contributed by atoms with Gasteiger partial charge >= 0.3 is 5.97 Å². The van der Waals surface area contributed by atoms with Crippen molar-refractivity contribution in [2.75, 3.05) is 19.7 Å². The molecule has 21 heavy (non-hydrogen) atoms. The van der Waals surface area contributed by atoms with E-state index in [4.69, 9.17) is 4.74 Å². The first-order chi connectivity index (χ1) is 10.2. The van der Waals surface area contributed by atoms with Crippen LogP contribution >= 0.6 is 0 Å².